The molecule has 0 aromatic heterocycles. The molecular weight excluding hydrogens is 749 g/mol. The van der Waals surface area contributed by atoms with E-state index in [1.54, 1.807) is 42.7 Å². The highest BCUT2D eigenvalue weighted by molar-refractivity contribution is 5.83. The molecule has 7 aromatic carbocycles. The van der Waals surface area contributed by atoms with Gasteiger partial charge >= 0.3 is 0 Å². The predicted molar refractivity (Wildman–Crippen MR) is 246 cm³/mol. The lowest BCUT2D eigenvalue weighted by Crippen LogP contribution is -2.10. The quantitative estimate of drug-likeness (QED) is 0.0896. The molecule has 0 aliphatic heterocycles. The average Bonchev–Trinajstić information content (AvgIpc) is 3.31. The first kappa shape index (κ1) is 40.6. The Morgan fingerprint density at radius 2 is 0.600 bits per heavy atom. The Hall–Kier alpha value is -7.58. The van der Waals surface area contributed by atoms with Gasteiger partial charge in [-0.15, -0.1) is 0 Å². The van der Waals surface area contributed by atoms with Crippen LogP contribution in [0.15, 0.2) is 158 Å². The van der Waals surface area contributed by atoms with E-state index >= 15 is 0 Å². The number of hydrogen-bond acceptors (Lipinski definition) is 8. The molecule has 0 aliphatic carbocycles. The molecule has 8 nitrogen and oxygen atoms in total. The monoisotopic (exact) mass is 796 g/mol. The summed E-state index contributed by atoms with van der Waals surface area (Å²) < 4.78 is 33.6. The van der Waals surface area contributed by atoms with E-state index < -0.39 is 0 Å². The fourth-order valence-electron chi connectivity index (χ4n) is 6.91. The number of ether oxygens (including phenoxy) is 6. The van der Waals surface area contributed by atoms with E-state index in [0.29, 0.717) is 0 Å². The van der Waals surface area contributed by atoms with Crippen molar-refractivity contribution in [3.63, 3.8) is 0 Å². The highest BCUT2D eigenvalue weighted by Gasteiger charge is 2.17. The molecule has 0 heterocycles. The third-order valence-corrected chi connectivity index (χ3v) is 10.1. The molecule has 0 atom stereocenters. The molecule has 0 unspecified atom stereocenters. The van der Waals surface area contributed by atoms with Gasteiger partial charge in [0.15, 0.2) is 0 Å². The largest absolute Gasteiger partial charge is 0.497 e. The fourth-order valence-corrected chi connectivity index (χ4v) is 6.91. The van der Waals surface area contributed by atoms with Gasteiger partial charge in [-0.1, -0.05) is 42.5 Å². The first-order valence-electron chi connectivity index (χ1n) is 19.4. The number of rotatable bonds is 16. The summed E-state index contributed by atoms with van der Waals surface area (Å²) in [5.74, 6) is 4.66. The van der Waals surface area contributed by atoms with Crippen LogP contribution in [0.5, 0.6) is 34.5 Å². The molecule has 0 radical (unpaired) electrons. The summed E-state index contributed by atoms with van der Waals surface area (Å²) >= 11 is 0. The lowest BCUT2D eigenvalue weighted by Gasteiger charge is -2.26. The Morgan fingerprint density at radius 3 is 0.883 bits per heavy atom. The number of methoxy groups -OCH3 is 6. The maximum atomic E-state index is 5.94. The summed E-state index contributed by atoms with van der Waals surface area (Å²) in [6, 6.07) is 52.8. The van der Waals surface area contributed by atoms with Crippen LogP contribution in [0.2, 0.25) is 0 Å². The fraction of sp³-hybridized carbons (Fsp3) is 0.115. The average molecular weight is 797 g/mol. The van der Waals surface area contributed by atoms with Crippen LogP contribution in [0.4, 0.5) is 34.1 Å². The predicted octanol–water partition coefficient (Wildman–Crippen LogP) is 13.0. The van der Waals surface area contributed by atoms with Crippen LogP contribution in [0.3, 0.4) is 0 Å². The van der Waals surface area contributed by atoms with Crippen LogP contribution >= 0.6 is 0 Å². The third kappa shape index (κ3) is 9.41. The van der Waals surface area contributed by atoms with Crippen LogP contribution in [-0.2, 0) is 0 Å². The molecule has 7 rings (SSSR count). The van der Waals surface area contributed by atoms with Crippen LogP contribution in [0.25, 0.3) is 24.3 Å². The van der Waals surface area contributed by atoms with Crippen molar-refractivity contribution in [2.45, 2.75) is 0 Å². The summed E-state index contributed by atoms with van der Waals surface area (Å²) in [6.07, 6.45) is 8.36. The standard InChI is InChI=1S/C52H48N2O6/c1-55-47-26-18-41(19-27-47)53(42-20-28-48(56-2)29-21-42)45-16-14-39(51(35-45)59-5)12-10-37-8-7-9-38(34-37)11-13-40-15-17-46(36-52(40)60-6)54(43-22-30-49(57-3)31-23-43)44-24-32-50(58-4)33-25-44/h7-36H,1-6H3/b12-10+,13-11+. The lowest BCUT2D eigenvalue weighted by atomic mass is 10.1. The van der Waals surface area contributed by atoms with Crippen molar-refractivity contribution in [1.82, 2.24) is 0 Å². The summed E-state index contributed by atoms with van der Waals surface area (Å²) in [5, 5.41) is 0. The van der Waals surface area contributed by atoms with Crippen molar-refractivity contribution in [1.29, 1.82) is 0 Å². The second-order valence-electron chi connectivity index (χ2n) is 13.7. The zero-order chi connectivity index (χ0) is 41.8. The van der Waals surface area contributed by atoms with Crippen molar-refractivity contribution in [3.8, 4) is 34.5 Å². The minimum absolute atomic E-state index is 0.750. The molecule has 60 heavy (non-hydrogen) atoms. The first-order valence-corrected chi connectivity index (χ1v) is 19.4. The summed E-state index contributed by atoms with van der Waals surface area (Å²) in [4.78, 5) is 4.34. The number of benzene rings is 7. The maximum Gasteiger partial charge on any atom is 0.128 e. The van der Waals surface area contributed by atoms with Crippen LogP contribution in [0.1, 0.15) is 22.3 Å². The molecule has 0 aliphatic rings. The van der Waals surface area contributed by atoms with Gasteiger partial charge in [-0.25, -0.2) is 0 Å². The topological polar surface area (TPSA) is 61.9 Å². The van der Waals surface area contributed by atoms with E-state index in [2.05, 4.69) is 94.8 Å². The zero-order valence-electron chi connectivity index (χ0n) is 34.7. The Balaban J connectivity index is 1.12. The SMILES string of the molecule is COc1ccc(N(c2ccc(OC)cc2)c2ccc(/C=C/c3cccc(/C=C/c4ccc(N(c5ccc(OC)cc5)c5ccc(OC)cc5)cc4OC)c3)c(OC)c2)cc1. The Bertz CT molecular complexity index is 2280. The van der Waals surface area contributed by atoms with Crippen LogP contribution in [-0.4, -0.2) is 42.7 Å². The normalized spacial score (nSPS) is 11.0. The lowest BCUT2D eigenvalue weighted by molar-refractivity contribution is 0.414. The molecule has 302 valence electrons. The Morgan fingerprint density at radius 1 is 0.300 bits per heavy atom. The van der Waals surface area contributed by atoms with E-state index in [1.807, 2.05) is 97.1 Å². The van der Waals surface area contributed by atoms with Crippen molar-refractivity contribution >= 4 is 58.4 Å². The molecule has 0 N–H and O–H groups in total. The smallest absolute Gasteiger partial charge is 0.128 e. The van der Waals surface area contributed by atoms with Gasteiger partial charge in [0.25, 0.3) is 0 Å². The number of hydrogen-bond donors (Lipinski definition) is 0. The van der Waals surface area contributed by atoms with E-state index in [1.165, 1.54) is 0 Å². The molecular formula is C52H48N2O6. The van der Waals surface area contributed by atoms with Gasteiger partial charge in [-0.05, 0) is 139 Å². The molecule has 7 aromatic rings. The Kier molecular flexibility index (Phi) is 13.0. The summed E-state index contributed by atoms with van der Waals surface area (Å²) in [6.45, 7) is 0. The summed E-state index contributed by atoms with van der Waals surface area (Å²) in [7, 11) is 10.1. The van der Waals surface area contributed by atoms with Crippen molar-refractivity contribution in [2.24, 2.45) is 0 Å². The number of anilines is 6. The van der Waals surface area contributed by atoms with Gasteiger partial charge in [-0.3, -0.25) is 0 Å². The second kappa shape index (κ2) is 19.2. The highest BCUT2D eigenvalue weighted by Crippen LogP contribution is 2.40. The van der Waals surface area contributed by atoms with Gasteiger partial charge in [-0.2, -0.15) is 0 Å². The van der Waals surface area contributed by atoms with Crippen molar-refractivity contribution in [3.05, 3.63) is 180 Å². The second-order valence-corrected chi connectivity index (χ2v) is 13.7. The van der Waals surface area contributed by atoms with E-state index in [9.17, 15) is 0 Å². The van der Waals surface area contributed by atoms with Crippen molar-refractivity contribution < 1.29 is 28.4 Å². The van der Waals surface area contributed by atoms with E-state index in [-0.39, 0.29) is 0 Å². The summed E-state index contributed by atoms with van der Waals surface area (Å²) in [5.41, 5.74) is 9.83. The van der Waals surface area contributed by atoms with Gasteiger partial charge in [0.1, 0.15) is 34.5 Å². The van der Waals surface area contributed by atoms with Crippen LogP contribution in [0, 0.1) is 0 Å². The Labute approximate surface area is 352 Å². The van der Waals surface area contributed by atoms with E-state index in [4.69, 9.17) is 28.4 Å². The molecule has 0 fully saturated rings. The number of nitrogens with zero attached hydrogens (tertiary/aromatic N) is 2. The third-order valence-electron chi connectivity index (χ3n) is 10.1. The maximum absolute atomic E-state index is 5.94. The molecule has 0 saturated heterocycles. The van der Waals surface area contributed by atoms with Gasteiger partial charge in [0, 0.05) is 57.4 Å². The first-order chi connectivity index (χ1) is 29.4. The molecule has 8 heteroatoms. The molecule has 0 bridgehead atoms. The molecule has 0 amide bonds. The molecule has 0 saturated carbocycles. The molecule has 0 spiro atoms. The van der Waals surface area contributed by atoms with Gasteiger partial charge in [0.05, 0.1) is 42.7 Å². The van der Waals surface area contributed by atoms with Gasteiger partial charge < -0.3 is 38.2 Å². The minimum atomic E-state index is 0.750. The zero-order valence-corrected chi connectivity index (χ0v) is 34.7. The minimum Gasteiger partial charge on any atom is -0.497 e. The van der Waals surface area contributed by atoms with Gasteiger partial charge in [0.2, 0.25) is 0 Å². The van der Waals surface area contributed by atoms with E-state index in [0.717, 1.165) is 90.9 Å². The van der Waals surface area contributed by atoms with Crippen LogP contribution < -0.4 is 38.2 Å². The highest BCUT2D eigenvalue weighted by atomic mass is 16.5. The van der Waals surface area contributed by atoms with Crippen molar-refractivity contribution in [2.75, 3.05) is 52.5 Å².